The van der Waals surface area contributed by atoms with Crippen molar-refractivity contribution >= 4 is 11.0 Å². The van der Waals surface area contributed by atoms with Gasteiger partial charge in [0.15, 0.2) is 5.82 Å². The topological polar surface area (TPSA) is 74.6 Å². The summed E-state index contributed by atoms with van der Waals surface area (Å²) in [5.74, 6) is 2.69. The lowest BCUT2D eigenvalue weighted by molar-refractivity contribution is 0.327. The van der Waals surface area contributed by atoms with Gasteiger partial charge in [-0.3, -0.25) is 0 Å². The second kappa shape index (κ2) is 5.39. The monoisotopic (exact) mass is 336 g/mol. The van der Waals surface area contributed by atoms with Crippen LogP contribution < -0.4 is 5.73 Å². The van der Waals surface area contributed by atoms with Gasteiger partial charge >= 0.3 is 0 Å². The van der Waals surface area contributed by atoms with Crippen LogP contribution in [-0.2, 0) is 6.54 Å². The van der Waals surface area contributed by atoms with Gasteiger partial charge in [0, 0.05) is 18.0 Å². The van der Waals surface area contributed by atoms with E-state index in [4.69, 9.17) is 5.73 Å². The molecule has 2 aromatic heterocycles. The maximum Gasteiger partial charge on any atom is 0.153 e. The summed E-state index contributed by atoms with van der Waals surface area (Å²) in [5.41, 5.74) is 10.8. The summed E-state index contributed by atoms with van der Waals surface area (Å²) in [5, 5.41) is 9.10. The molecule has 0 amide bonds. The highest BCUT2D eigenvalue weighted by Crippen LogP contribution is 2.42. The Morgan fingerprint density at radius 2 is 1.88 bits per heavy atom. The van der Waals surface area contributed by atoms with Crippen LogP contribution in [0.4, 0.5) is 0 Å². The Morgan fingerprint density at radius 3 is 2.60 bits per heavy atom. The summed E-state index contributed by atoms with van der Waals surface area (Å²) < 4.78 is 4.59. The Kier molecular flexibility index (Phi) is 3.25. The third-order valence-electron chi connectivity index (χ3n) is 5.79. The molecule has 25 heavy (non-hydrogen) atoms. The van der Waals surface area contributed by atoms with Crippen LogP contribution in [0.25, 0.3) is 11.0 Å². The summed E-state index contributed by atoms with van der Waals surface area (Å²) in [6, 6.07) is 5.30. The molecular weight excluding hydrogens is 312 g/mol. The van der Waals surface area contributed by atoms with Gasteiger partial charge in [-0.25, -0.2) is 4.98 Å². The molecule has 0 spiro atoms. The fourth-order valence-electron chi connectivity index (χ4n) is 3.92. The second-order valence-electron chi connectivity index (χ2n) is 7.80. The number of aromatic nitrogens is 5. The van der Waals surface area contributed by atoms with Crippen molar-refractivity contribution in [1.82, 2.24) is 24.3 Å². The first kappa shape index (κ1) is 15.1. The SMILES string of the molecule is Cc1cc2ncn(Cc3nnc(C4CC(N)C4)n3C3CC3)c2cc1C. The van der Waals surface area contributed by atoms with Gasteiger partial charge in [-0.15, -0.1) is 10.2 Å². The molecule has 0 atom stereocenters. The summed E-state index contributed by atoms with van der Waals surface area (Å²) in [7, 11) is 0. The van der Waals surface area contributed by atoms with Crippen LogP contribution in [-0.4, -0.2) is 30.4 Å². The highest BCUT2D eigenvalue weighted by molar-refractivity contribution is 5.77. The van der Waals surface area contributed by atoms with Crippen LogP contribution in [0.3, 0.4) is 0 Å². The van der Waals surface area contributed by atoms with E-state index >= 15 is 0 Å². The fraction of sp³-hybridized carbons (Fsp3) is 0.526. The quantitative estimate of drug-likeness (QED) is 0.795. The molecule has 3 aromatic rings. The molecule has 2 heterocycles. The van der Waals surface area contributed by atoms with Crippen LogP contribution in [0.15, 0.2) is 18.5 Å². The molecule has 6 nitrogen and oxygen atoms in total. The lowest BCUT2D eigenvalue weighted by Crippen LogP contribution is -2.36. The average molecular weight is 336 g/mol. The highest BCUT2D eigenvalue weighted by Gasteiger charge is 2.36. The van der Waals surface area contributed by atoms with E-state index in [2.05, 4.69) is 50.3 Å². The lowest BCUT2D eigenvalue weighted by Gasteiger charge is -2.31. The van der Waals surface area contributed by atoms with Crippen molar-refractivity contribution in [3.05, 3.63) is 41.2 Å². The van der Waals surface area contributed by atoms with Crippen LogP contribution in [0.5, 0.6) is 0 Å². The molecule has 2 aliphatic carbocycles. The zero-order valence-corrected chi connectivity index (χ0v) is 14.8. The Bertz CT molecular complexity index is 942. The van der Waals surface area contributed by atoms with Crippen molar-refractivity contribution in [2.24, 2.45) is 5.73 Å². The van der Waals surface area contributed by atoms with E-state index in [1.807, 2.05) is 6.33 Å². The van der Waals surface area contributed by atoms with Gasteiger partial charge in [0.2, 0.25) is 0 Å². The van der Waals surface area contributed by atoms with Gasteiger partial charge in [-0.2, -0.15) is 0 Å². The van der Waals surface area contributed by atoms with E-state index in [0.29, 0.717) is 18.0 Å². The normalized spacial score (nSPS) is 23.2. The maximum absolute atomic E-state index is 5.98. The number of nitrogens with two attached hydrogens (primary N) is 1. The summed E-state index contributed by atoms with van der Waals surface area (Å²) in [6.07, 6.45) is 6.47. The Labute approximate surface area is 147 Å². The smallest absolute Gasteiger partial charge is 0.153 e. The largest absolute Gasteiger partial charge is 0.328 e. The minimum Gasteiger partial charge on any atom is -0.328 e. The van der Waals surface area contributed by atoms with Crippen molar-refractivity contribution in [3.8, 4) is 0 Å². The molecule has 0 bridgehead atoms. The Hall–Kier alpha value is -2.21. The molecule has 2 aliphatic rings. The molecule has 130 valence electrons. The number of rotatable bonds is 4. The number of benzene rings is 1. The van der Waals surface area contributed by atoms with Gasteiger partial charge in [0.25, 0.3) is 0 Å². The van der Waals surface area contributed by atoms with Gasteiger partial charge in [-0.05, 0) is 62.8 Å². The highest BCUT2D eigenvalue weighted by atomic mass is 15.3. The van der Waals surface area contributed by atoms with Gasteiger partial charge in [0.1, 0.15) is 5.82 Å². The third-order valence-corrected chi connectivity index (χ3v) is 5.79. The number of hydrogen-bond donors (Lipinski definition) is 1. The lowest BCUT2D eigenvalue weighted by atomic mass is 9.80. The van der Waals surface area contributed by atoms with Crippen molar-refractivity contribution in [2.45, 2.75) is 64.1 Å². The van der Waals surface area contributed by atoms with E-state index in [0.717, 1.165) is 36.6 Å². The second-order valence-corrected chi connectivity index (χ2v) is 7.80. The number of fused-ring (bicyclic) bond motifs is 1. The van der Waals surface area contributed by atoms with Crippen molar-refractivity contribution in [3.63, 3.8) is 0 Å². The maximum atomic E-state index is 5.98. The van der Waals surface area contributed by atoms with E-state index in [1.165, 1.54) is 29.5 Å². The first-order chi connectivity index (χ1) is 12.1. The van der Waals surface area contributed by atoms with Crippen LogP contribution >= 0.6 is 0 Å². The molecule has 2 fully saturated rings. The standard InChI is InChI=1S/C19H24N6/c1-11-5-16-17(6-12(11)2)24(10-21-16)9-18-22-23-19(13-7-14(20)8-13)25(18)15-3-4-15/h5-6,10,13-15H,3-4,7-9,20H2,1-2H3. The van der Waals surface area contributed by atoms with Crippen molar-refractivity contribution in [2.75, 3.05) is 0 Å². The Balaban J connectivity index is 1.51. The first-order valence-corrected chi connectivity index (χ1v) is 9.21. The van der Waals surface area contributed by atoms with Crippen molar-refractivity contribution in [1.29, 1.82) is 0 Å². The minimum atomic E-state index is 0.335. The molecule has 6 heteroatoms. The number of hydrogen-bond acceptors (Lipinski definition) is 4. The Morgan fingerprint density at radius 1 is 1.12 bits per heavy atom. The van der Waals surface area contributed by atoms with Gasteiger partial charge in [0.05, 0.1) is 23.9 Å². The summed E-state index contributed by atoms with van der Waals surface area (Å²) in [4.78, 5) is 4.58. The number of imidazole rings is 1. The van der Waals surface area contributed by atoms with E-state index in [1.54, 1.807) is 0 Å². The summed E-state index contributed by atoms with van der Waals surface area (Å²) >= 11 is 0. The zero-order valence-electron chi connectivity index (χ0n) is 14.8. The molecule has 0 radical (unpaired) electrons. The number of nitrogens with zero attached hydrogens (tertiary/aromatic N) is 5. The predicted molar refractivity (Wildman–Crippen MR) is 96.6 cm³/mol. The van der Waals surface area contributed by atoms with Crippen LogP contribution in [0.1, 0.15) is 60.4 Å². The molecule has 5 rings (SSSR count). The molecule has 1 aromatic carbocycles. The first-order valence-electron chi connectivity index (χ1n) is 9.21. The summed E-state index contributed by atoms with van der Waals surface area (Å²) in [6.45, 7) is 5.01. The molecule has 2 saturated carbocycles. The molecule has 2 N–H and O–H groups in total. The van der Waals surface area contributed by atoms with E-state index < -0.39 is 0 Å². The third kappa shape index (κ3) is 2.47. The zero-order chi connectivity index (χ0) is 17.1. The molecular formula is C19H24N6. The van der Waals surface area contributed by atoms with Crippen LogP contribution in [0.2, 0.25) is 0 Å². The van der Waals surface area contributed by atoms with E-state index in [9.17, 15) is 0 Å². The van der Waals surface area contributed by atoms with Gasteiger partial charge in [-0.1, -0.05) is 0 Å². The minimum absolute atomic E-state index is 0.335. The number of aryl methyl sites for hydroxylation is 2. The fourth-order valence-corrected chi connectivity index (χ4v) is 3.92. The average Bonchev–Trinajstić information content (AvgIpc) is 3.21. The molecule has 0 aliphatic heterocycles. The molecule has 0 saturated heterocycles. The van der Waals surface area contributed by atoms with Crippen molar-refractivity contribution < 1.29 is 0 Å². The predicted octanol–water partition coefficient (Wildman–Crippen LogP) is 2.83. The molecule has 0 unspecified atom stereocenters. The van der Waals surface area contributed by atoms with E-state index in [-0.39, 0.29) is 0 Å². The van der Waals surface area contributed by atoms with Crippen LogP contribution in [0, 0.1) is 13.8 Å². The van der Waals surface area contributed by atoms with Gasteiger partial charge < -0.3 is 14.9 Å².